The first-order valence-corrected chi connectivity index (χ1v) is 10.3. The molecule has 3 rings (SSSR count). The molecule has 0 saturated heterocycles. The Bertz CT molecular complexity index is 991. The fraction of sp³-hybridized carbons (Fsp3) is 0.500. The van der Waals surface area contributed by atoms with Crippen LogP contribution in [0.1, 0.15) is 63.4 Å². The third-order valence-electron chi connectivity index (χ3n) is 4.50. The highest BCUT2D eigenvalue weighted by Gasteiger charge is 2.20. The largest absolute Gasteiger partial charge is 0.376 e. The van der Waals surface area contributed by atoms with Gasteiger partial charge in [-0.15, -0.1) is 11.3 Å². The fourth-order valence-electron chi connectivity index (χ4n) is 3.31. The van der Waals surface area contributed by atoms with Crippen molar-refractivity contribution in [2.45, 2.75) is 53.0 Å². The molecule has 3 heterocycles. The molecule has 0 aliphatic carbocycles. The molecule has 0 N–H and O–H groups in total. The molecular weight excluding hydrogens is 360 g/mol. The van der Waals surface area contributed by atoms with E-state index < -0.39 is 0 Å². The molecule has 3 aromatic rings. The molecule has 1 atom stereocenters. The number of anilines is 1. The number of aromatic nitrogens is 3. The summed E-state index contributed by atoms with van der Waals surface area (Å²) in [5.74, 6) is 0. The SMILES string of the molecule is CC.CCCC(CC)n1cnc2c(sc3ncc(C=O)c(N(C)C)c32)c1=O. The number of rotatable bonds is 6. The van der Waals surface area contributed by atoms with Gasteiger partial charge in [0.25, 0.3) is 5.56 Å². The van der Waals surface area contributed by atoms with Gasteiger partial charge in [0.2, 0.25) is 0 Å². The summed E-state index contributed by atoms with van der Waals surface area (Å²) in [6, 6.07) is 0.159. The van der Waals surface area contributed by atoms with Crippen molar-refractivity contribution in [2.75, 3.05) is 19.0 Å². The van der Waals surface area contributed by atoms with Crippen LogP contribution in [-0.4, -0.2) is 34.9 Å². The van der Waals surface area contributed by atoms with Crippen molar-refractivity contribution >= 4 is 43.7 Å². The molecule has 0 bridgehead atoms. The van der Waals surface area contributed by atoms with Crippen LogP contribution in [0.5, 0.6) is 0 Å². The highest BCUT2D eigenvalue weighted by Crippen LogP contribution is 2.37. The Morgan fingerprint density at radius 1 is 1.26 bits per heavy atom. The summed E-state index contributed by atoms with van der Waals surface area (Å²) < 4.78 is 2.35. The molecule has 0 amide bonds. The summed E-state index contributed by atoms with van der Waals surface area (Å²) in [5, 5.41) is 0.780. The predicted molar refractivity (Wildman–Crippen MR) is 114 cm³/mol. The van der Waals surface area contributed by atoms with Crippen LogP contribution in [-0.2, 0) is 0 Å². The summed E-state index contributed by atoms with van der Waals surface area (Å²) in [5.41, 5.74) is 1.87. The van der Waals surface area contributed by atoms with E-state index in [4.69, 9.17) is 0 Å². The van der Waals surface area contributed by atoms with Crippen LogP contribution in [0.2, 0.25) is 0 Å². The maximum absolute atomic E-state index is 13.0. The summed E-state index contributed by atoms with van der Waals surface area (Å²) >= 11 is 1.35. The topological polar surface area (TPSA) is 68.1 Å². The maximum Gasteiger partial charge on any atom is 0.271 e. The Balaban J connectivity index is 0.00000126. The molecule has 0 aliphatic heterocycles. The van der Waals surface area contributed by atoms with Gasteiger partial charge in [0.1, 0.15) is 9.53 Å². The number of pyridine rings is 1. The van der Waals surface area contributed by atoms with Gasteiger partial charge in [-0.1, -0.05) is 34.1 Å². The summed E-state index contributed by atoms with van der Waals surface area (Å²) in [7, 11) is 3.75. The van der Waals surface area contributed by atoms with Gasteiger partial charge in [0.05, 0.1) is 28.5 Å². The number of fused-ring (bicyclic) bond motifs is 3. The van der Waals surface area contributed by atoms with Crippen molar-refractivity contribution in [3.8, 4) is 0 Å². The Morgan fingerprint density at radius 2 is 1.96 bits per heavy atom. The first kappa shape index (κ1) is 21.0. The van der Waals surface area contributed by atoms with E-state index >= 15 is 0 Å². The van der Waals surface area contributed by atoms with Gasteiger partial charge < -0.3 is 4.90 Å². The van der Waals surface area contributed by atoms with Crippen molar-refractivity contribution in [1.82, 2.24) is 14.5 Å². The molecular formula is C20H28N4O2S. The van der Waals surface area contributed by atoms with Crippen molar-refractivity contribution in [3.63, 3.8) is 0 Å². The van der Waals surface area contributed by atoms with Crippen LogP contribution in [0.25, 0.3) is 20.4 Å². The zero-order valence-corrected chi connectivity index (χ0v) is 17.8. The molecule has 1 unspecified atom stereocenters. The second-order valence-corrected chi connectivity index (χ2v) is 7.34. The van der Waals surface area contributed by atoms with Crippen LogP contribution >= 0.6 is 11.3 Å². The monoisotopic (exact) mass is 388 g/mol. The van der Waals surface area contributed by atoms with Crippen LogP contribution in [0.4, 0.5) is 5.69 Å². The second-order valence-electron chi connectivity index (χ2n) is 6.34. The number of aldehydes is 1. The highest BCUT2D eigenvalue weighted by atomic mass is 32.1. The zero-order valence-electron chi connectivity index (χ0n) is 16.9. The third-order valence-corrected chi connectivity index (χ3v) is 5.57. The average molecular weight is 389 g/mol. The van der Waals surface area contributed by atoms with E-state index in [0.717, 1.165) is 41.5 Å². The van der Waals surface area contributed by atoms with Crippen LogP contribution in [0, 0.1) is 0 Å². The lowest BCUT2D eigenvalue weighted by Gasteiger charge is -2.17. The normalized spacial score (nSPS) is 11.9. The summed E-state index contributed by atoms with van der Waals surface area (Å²) in [6.07, 6.45) is 6.86. The molecule has 0 saturated carbocycles. The number of thiophene rings is 1. The number of carbonyl (C=O) groups excluding carboxylic acids is 1. The Hall–Kier alpha value is -2.28. The molecule has 0 fully saturated rings. The van der Waals surface area contributed by atoms with Crippen LogP contribution < -0.4 is 10.5 Å². The van der Waals surface area contributed by atoms with Crippen LogP contribution in [0.15, 0.2) is 17.3 Å². The zero-order chi connectivity index (χ0) is 20.1. The lowest BCUT2D eigenvalue weighted by Crippen LogP contribution is -2.24. The first-order chi connectivity index (χ1) is 13.0. The third kappa shape index (κ3) is 3.74. The quantitative estimate of drug-likeness (QED) is 0.574. The molecule has 0 aromatic carbocycles. The van der Waals surface area contributed by atoms with Gasteiger partial charge in [-0.05, 0) is 12.8 Å². The minimum atomic E-state index is -0.0225. The van der Waals surface area contributed by atoms with Gasteiger partial charge in [-0.2, -0.15) is 0 Å². The average Bonchev–Trinajstić information content (AvgIpc) is 3.07. The van der Waals surface area contributed by atoms with E-state index in [9.17, 15) is 9.59 Å². The van der Waals surface area contributed by atoms with Crippen molar-refractivity contribution in [1.29, 1.82) is 0 Å². The van der Waals surface area contributed by atoms with Crippen LogP contribution in [0.3, 0.4) is 0 Å². The number of nitrogens with zero attached hydrogens (tertiary/aromatic N) is 4. The predicted octanol–water partition coefficient (Wildman–Crippen LogP) is 4.66. The van der Waals surface area contributed by atoms with Crippen molar-refractivity contribution in [3.05, 3.63) is 28.4 Å². The molecule has 0 spiro atoms. The fourth-order valence-corrected chi connectivity index (χ4v) is 4.35. The number of hydrogen-bond donors (Lipinski definition) is 0. The Kier molecular flexibility index (Phi) is 7.07. The minimum Gasteiger partial charge on any atom is -0.376 e. The Labute approximate surface area is 163 Å². The number of carbonyl (C=O) groups is 1. The van der Waals surface area contributed by atoms with Gasteiger partial charge in [0, 0.05) is 26.3 Å². The van der Waals surface area contributed by atoms with E-state index in [1.807, 2.05) is 32.8 Å². The molecule has 146 valence electrons. The van der Waals surface area contributed by atoms with Gasteiger partial charge >= 0.3 is 0 Å². The first-order valence-electron chi connectivity index (χ1n) is 9.48. The molecule has 6 nitrogen and oxygen atoms in total. The standard InChI is InChI=1S/C18H22N4O2S.C2H6/c1-5-7-12(6-2)22-10-20-14-13-15(21(3)4)11(9-23)8-19-17(13)25-16(14)18(22)24;1-2/h8-10,12H,5-7H2,1-4H3;1-2H3. The highest BCUT2D eigenvalue weighted by molar-refractivity contribution is 7.25. The lowest BCUT2D eigenvalue weighted by molar-refractivity contribution is 0.112. The molecule has 27 heavy (non-hydrogen) atoms. The second kappa shape index (κ2) is 9.08. The van der Waals surface area contributed by atoms with Gasteiger partial charge in [-0.25, -0.2) is 9.97 Å². The Morgan fingerprint density at radius 3 is 2.52 bits per heavy atom. The van der Waals surface area contributed by atoms with Gasteiger partial charge in [0.15, 0.2) is 6.29 Å². The van der Waals surface area contributed by atoms with Crippen molar-refractivity contribution in [2.24, 2.45) is 0 Å². The smallest absolute Gasteiger partial charge is 0.271 e. The van der Waals surface area contributed by atoms with Gasteiger partial charge in [-0.3, -0.25) is 14.2 Å². The molecule has 0 aliphatic rings. The molecule has 0 radical (unpaired) electrons. The van der Waals surface area contributed by atoms with E-state index in [1.165, 1.54) is 11.3 Å². The maximum atomic E-state index is 13.0. The molecule has 3 aromatic heterocycles. The van der Waals surface area contributed by atoms with E-state index in [-0.39, 0.29) is 11.6 Å². The summed E-state index contributed by atoms with van der Waals surface area (Å²) in [4.78, 5) is 36.0. The van der Waals surface area contributed by atoms with E-state index in [2.05, 4.69) is 23.8 Å². The minimum absolute atomic E-state index is 0.0225. The van der Waals surface area contributed by atoms with E-state index in [0.29, 0.717) is 15.8 Å². The lowest BCUT2D eigenvalue weighted by atomic mass is 10.1. The number of hydrogen-bond acceptors (Lipinski definition) is 6. The molecule has 7 heteroatoms. The summed E-state index contributed by atoms with van der Waals surface area (Å²) in [6.45, 7) is 8.21. The van der Waals surface area contributed by atoms with Crippen molar-refractivity contribution < 1.29 is 4.79 Å². The van der Waals surface area contributed by atoms with E-state index in [1.54, 1.807) is 17.1 Å².